The van der Waals surface area contributed by atoms with Crippen molar-refractivity contribution in [2.45, 2.75) is 25.8 Å². The van der Waals surface area contributed by atoms with Gasteiger partial charge in [0, 0.05) is 18.4 Å². The van der Waals surface area contributed by atoms with Crippen LogP contribution in [0.2, 0.25) is 0 Å². The van der Waals surface area contributed by atoms with E-state index in [1.54, 1.807) is 6.20 Å². The molecule has 0 aliphatic carbocycles. The first-order valence-electron chi connectivity index (χ1n) is 5.11. The molecule has 0 fully saturated rings. The zero-order valence-electron chi connectivity index (χ0n) is 8.74. The highest BCUT2D eigenvalue weighted by Gasteiger charge is 2.01. The Morgan fingerprint density at radius 3 is 3.07 bits per heavy atom. The normalized spacial score (nSPS) is 12.4. The number of aryl methyl sites for hydroxylation is 1. The van der Waals surface area contributed by atoms with Crippen LogP contribution >= 0.6 is 0 Å². The standard InChI is InChI=1S/C12H18N2/c1-3-12(14-4-2)8-7-11-6-5-9-13-10-11/h3,5-6,9-10,12,14H,1,4,7-8H2,2H3. The van der Waals surface area contributed by atoms with Gasteiger partial charge in [0.1, 0.15) is 0 Å². The molecule has 0 spiro atoms. The molecule has 0 amide bonds. The molecular weight excluding hydrogens is 172 g/mol. The first kappa shape index (κ1) is 10.9. The van der Waals surface area contributed by atoms with Crippen LogP contribution in [0.15, 0.2) is 37.2 Å². The molecule has 0 bridgehead atoms. The van der Waals surface area contributed by atoms with E-state index < -0.39 is 0 Å². The van der Waals surface area contributed by atoms with E-state index in [0.29, 0.717) is 6.04 Å². The van der Waals surface area contributed by atoms with Crippen LogP contribution in [-0.2, 0) is 6.42 Å². The molecule has 1 atom stereocenters. The molecule has 2 heteroatoms. The summed E-state index contributed by atoms with van der Waals surface area (Å²) in [6.07, 6.45) is 7.84. The minimum atomic E-state index is 0.417. The molecule has 0 radical (unpaired) electrons. The molecule has 1 unspecified atom stereocenters. The minimum Gasteiger partial charge on any atom is -0.311 e. The highest BCUT2D eigenvalue weighted by atomic mass is 14.9. The van der Waals surface area contributed by atoms with E-state index in [4.69, 9.17) is 0 Å². The van der Waals surface area contributed by atoms with Gasteiger partial charge < -0.3 is 5.32 Å². The van der Waals surface area contributed by atoms with Gasteiger partial charge in [0.25, 0.3) is 0 Å². The second-order valence-corrected chi connectivity index (χ2v) is 3.30. The molecule has 0 aliphatic heterocycles. The van der Waals surface area contributed by atoms with Crippen molar-refractivity contribution >= 4 is 0 Å². The van der Waals surface area contributed by atoms with Gasteiger partial charge in [-0.15, -0.1) is 6.58 Å². The Bertz CT molecular complexity index is 256. The van der Waals surface area contributed by atoms with Gasteiger partial charge in [-0.2, -0.15) is 0 Å². The van der Waals surface area contributed by atoms with Crippen LogP contribution < -0.4 is 5.32 Å². The molecular formula is C12H18N2. The summed E-state index contributed by atoms with van der Waals surface area (Å²) in [6, 6.07) is 4.50. The van der Waals surface area contributed by atoms with Crippen molar-refractivity contribution in [1.82, 2.24) is 10.3 Å². The second-order valence-electron chi connectivity index (χ2n) is 3.30. The van der Waals surface area contributed by atoms with Crippen LogP contribution in [0, 0.1) is 0 Å². The first-order valence-corrected chi connectivity index (χ1v) is 5.11. The molecule has 76 valence electrons. The van der Waals surface area contributed by atoms with Crippen LogP contribution in [0.25, 0.3) is 0 Å². The third-order valence-corrected chi connectivity index (χ3v) is 2.22. The van der Waals surface area contributed by atoms with Crippen LogP contribution in [0.5, 0.6) is 0 Å². The van der Waals surface area contributed by atoms with Crippen molar-refractivity contribution in [1.29, 1.82) is 0 Å². The monoisotopic (exact) mass is 190 g/mol. The Labute approximate surface area is 86.1 Å². The van der Waals surface area contributed by atoms with Crippen molar-refractivity contribution < 1.29 is 0 Å². The lowest BCUT2D eigenvalue weighted by molar-refractivity contribution is 0.574. The molecule has 1 rings (SSSR count). The number of likely N-dealkylation sites (N-methyl/N-ethyl adjacent to an activating group) is 1. The molecule has 0 aromatic carbocycles. The highest BCUT2D eigenvalue weighted by Crippen LogP contribution is 2.03. The molecule has 0 aliphatic rings. The fourth-order valence-corrected chi connectivity index (χ4v) is 1.43. The van der Waals surface area contributed by atoms with Gasteiger partial charge in [-0.25, -0.2) is 0 Å². The maximum Gasteiger partial charge on any atom is 0.0299 e. The maximum atomic E-state index is 4.09. The van der Waals surface area contributed by atoms with E-state index in [2.05, 4.69) is 29.9 Å². The summed E-state index contributed by atoms with van der Waals surface area (Å²) in [6.45, 7) is 6.92. The van der Waals surface area contributed by atoms with Gasteiger partial charge in [0.05, 0.1) is 0 Å². The average molecular weight is 190 g/mol. The zero-order chi connectivity index (χ0) is 10.2. The fraction of sp³-hybridized carbons (Fsp3) is 0.417. The Kier molecular flexibility index (Phi) is 4.94. The quantitative estimate of drug-likeness (QED) is 0.695. The predicted octanol–water partition coefficient (Wildman–Crippen LogP) is 2.18. The summed E-state index contributed by atoms with van der Waals surface area (Å²) in [5.41, 5.74) is 1.29. The van der Waals surface area contributed by atoms with E-state index in [1.807, 2.05) is 18.3 Å². The Morgan fingerprint density at radius 1 is 1.64 bits per heavy atom. The van der Waals surface area contributed by atoms with Gasteiger partial charge in [-0.1, -0.05) is 19.1 Å². The summed E-state index contributed by atoms with van der Waals surface area (Å²) < 4.78 is 0. The topological polar surface area (TPSA) is 24.9 Å². The van der Waals surface area contributed by atoms with E-state index in [-0.39, 0.29) is 0 Å². The lowest BCUT2D eigenvalue weighted by Crippen LogP contribution is -2.26. The van der Waals surface area contributed by atoms with Gasteiger partial charge in [0.15, 0.2) is 0 Å². The van der Waals surface area contributed by atoms with Crippen molar-refractivity contribution in [3.05, 3.63) is 42.7 Å². The van der Waals surface area contributed by atoms with Crippen LogP contribution in [-0.4, -0.2) is 17.6 Å². The number of rotatable bonds is 6. The highest BCUT2D eigenvalue weighted by molar-refractivity contribution is 5.09. The van der Waals surface area contributed by atoms with Gasteiger partial charge in [-0.05, 0) is 31.0 Å². The largest absolute Gasteiger partial charge is 0.311 e. The van der Waals surface area contributed by atoms with E-state index in [9.17, 15) is 0 Å². The van der Waals surface area contributed by atoms with Crippen molar-refractivity contribution in [3.8, 4) is 0 Å². The van der Waals surface area contributed by atoms with Crippen LogP contribution in [0.1, 0.15) is 18.9 Å². The summed E-state index contributed by atoms with van der Waals surface area (Å²) >= 11 is 0. The van der Waals surface area contributed by atoms with Gasteiger partial charge in [-0.3, -0.25) is 4.98 Å². The summed E-state index contributed by atoms with van der Waals surface area (Å²) in [5, 5.41) is 3.36. The molecule has 0 saturated heterocycles. The van der Waals surface area contributed by atoms with Crippen LogP contribution in [0.4, 0.5) is 0 Å². The Balaban J connectivity index is 2.35. The fourth-order valence-electron chi connectivity index (χ4n) is 1.43. The number of aromatic nitrogens is 1. The van der Waals surface area contributed by atoms with Gasteiger partial charge in [0.2, 0.25) is 0 Å². The lowest BCUT2D eigenvalue weighted by Gasteiger charge is -2.12. The maximum absolute atomic E-state index is 4.09. The molecule has 1 N–H and O–H groups in total. The smallest absolute Gasteiger partial charge is 0.0299 e. The van der Waals surface area contributed by atoms with Crippen molar-refractivity contribution in [2.24, 2.45) is 0 Å². The van der Waals surface area contributed by atoms with Crippen molar-refractivity contribution in [2.75, 3.05) is 6.54 Å². The van der Waals surface area contributed by atoms with Crippen LogP contribution in [0.3, 0.4) is 0 Å². The summed E-state index contributed by atoms with van der Waals surface area (Å²) in [4.78, 5) is 4.09. The number of nitrogens with zero attached hydrogens (tertiary/aromatic N) is 1. The Hall–Kier alpha value is -1.15. The molecule has 2 nitrogen and oxygen atoms in total. The lowest BCUT2D eigenvalue weighted by atomic mass is 10.1. The average Bonchev–Trinajstić information content (AvgIpc) is 2.25. The third-order valence-electron chi connectivity index (χ3n) is 2.22. The van der Waals surface area contributed by atoms with E-state index in [1.165, 1.54) is 5.56 Å². The molecule has 1 aromatic heterocycles. The first-order chi connectivity index (χ1) is 6.86. The van der Waals surface area contributed by atoms with E-state index in [0.717, 1.165) is 19.4 Å². The second kappa shape index (κ2) is 6.33. The molecule has 0 saturated carbocycles. The number of nitrogens with one attached hydrogen (secondary N) is 1. The predicted molar refractivity (Wildman–Crippen MR) is 60.2 cm³/mol. The van der Waals surface area contributed by atoms with Gasteiger partial charge >= 0.3 is 0 Å². The SMILES string of the molecule is C=CC(CCc1cccnc1)NCC. The number of pyridine rings is 1. The van der Waals surface area contributed by atoms with E-state index >= 15 is 0 Å². The Morgan fingerprint density at radius 2 is 2.50 bits per heavy atom. The molecule has 1 aromatic rings. The number of hydrogen-bond donors (Lipinski definition) is 1. The summed E-state index contributed by atoms with van der Waals surface area (Å²) in [7, 11) is 0. The minimum absolute atomic E-state index is 0.417. The third kappa shape index (κ3) is 3.71. The zero-order valence-corrected chi connectivity index (χ0v) is 8.74. The molecule has 14 heavy (non-hydrogen) atoms. The summed E-state index contributed by atoms with van der Waals surface area (Å²) in [5.74, 6) is 0. The molecule has 1 heterocycles. The number of hydrogen-bond acceptors (Lipinski definition) is 2. The van der Waals surface area contributed by atoms with Crippen molar-refractivity contribution in [3.63, 3.8) is 0 Å².